The molecule has 0 aromatic heterocycles. The van der Waals surface area contributed by atoms with E-state index >= 15 is 0 Å². The molecule has 2 amide bonds. The summed E-state index contributed by atoms with van der Waals surface area (Å²) in [6.45, 7) is 4.95. The van der Waals surface area contributed by atoms with Gasteiger partial charge in [0, 0.05) is 31.2 Å². The van der Waals surface area contributed by atoms with Crippen LogP contribution < -0.4 is 10.1 Å². The van der Waals surface area contributed by atoms with E-state index in [4.69, 9.17) is 4.74 Å². The molecule has 1 aliphatic heterocycles. The lowest BCUT2D eigenvalue weighted by molar-refractivity contribution is -0.137. The first-order valence-electron chi connectivity index (χ1n) is 12.0. The third-order valence-corrected chi connectivity index (χ3v) is 8.33. The second-order valence-corrected chi connectivity index (χ2v) is 11.2. The van der Waals surface area contributed by atoms with Crippen molar-refractivity contribution in [3.05, 3.63) is 59.7 Å². The average molecular weight is 556 g/mol. The number of aliphatic hydroxyl groups excluding tert-OH is 1. The zero-order valence-electron chi connectivity index (χ0n) is 21.6. The summed E-state index contributed by atoms with van der Waals surface area (Å²) in [5, 5.41) is 12.3. The molecule has 8 nitrogen and oxygen atoms in total. The molecule has 12 heteroatoms. The maximum absolute atomic E-state index is 13.5. The first-order valence-corrected chi connectivity index (χ1v) is 13.5. The van der Waals surface area contributed by atoms with Crippen LogP contribution in [0.5, 0.6) is 5.75 Å². The Bertz CT molecular complexity index is 1270. The van der Waals surface area contributed by atoms with Crippen molar-refractivity contribution in [2.24, 2.45) is 5.92 Å². The number of sulfonamides is 1. The lowest BCUT2D eigenvalue weighted by Crippen LogP contribution is -2.50. The topological polar surface area (TPSA) is 99.2 Å². The Morgan fingerprint density at radius 3 is 2.50 bits per heavy atom. The van der Waals surface area contributed by atoms with Gasteiger partial charge in [-0.05, 0) is 55.8 Å². The molecule has 0 bridgehead atoms. The first-order chi connectivity index (χ1) is 17.8. The van der Waals surface area contributed by atoms with E-state index in [-0.39, 0.29) is 36.0 Å². The number of nitrogens with one attached hydrogen (secondary N) is 1. The minimum Gasteiger partial charge on any atom is -0.487 e. The number of likely N-dealkylation sites (N-methyl/N-ethyl adjacent to an activating group) is 1. The second-order valence-electron chi connectivity index (χ2n) is 9.33. The van der Waals surface area contributed by atoms with E-state index in [0.29, 0.717) is 0 Å². The minimum absolute atomic E-state index is 0.0408. The molecule has 0 radical (unpaired) electrons. The number of fused-ring (bicyclic) bond motifs is 1. The highest BCUT2D eigenvalue weighted by atomic mass is 32.2. The number of aliphatic hydroxyl groups is 1. The van der Waals surface area contributed by atoms with Crippen molar-refractivity contribution in [2.75, 3.05) is 32.1 Å². The van der Waals surface area contributed by atoms with Crippen molar-refractivity contribution in [3.8, 4) is 5.75 Å². The Kier molecular flexibility index (Phi) is 9.11. The molecule has 2 aromatic carbocycles. The molecule has 0 saturated heterocycles. The van der Waals surface area contributed by atoms with Gasteiger partial charge >= 0.3 is 12.2 Å². The number of halogens is 3. The Morgan fingerprint density at radius 1 is 1.26 bits per heavy atom. The molecule has 1 heterocycles. The summed E-state index contributed by atoms with van der Waals surface area (Å²) >= 11 is 0. The zero-order chi connectivity index (χ0) is 28.3. The lowest BCUT2D eigenvalue weighted by Gasteiger charge is -2.37. The van der Waals surface area contributed by atoms with Gasteiger partial charge in [-0.15, -0.1) is 0 Å². The number of carbonyl (C=O) groups is 1. The van der Waals surface area contributed by atoms with Crippen LogP contribution in [0, 0.1) is 5.92 Å². The normalized spacial score (nSPS) is 20.6. The number of hydrogen-bond acceptors (Lipinski definition) is 5. The van der Waals surface area contributed by atoms with Crippen molar-refractivity contribution in [1.82, 2.24) is 9.21 Å². The molecule has 3 rings (SSSR count). The van der Waals surface area contributed by atoms with Crippen molar-refractivity contribution in [3.63, 3.8) is 0 Å². The molecular weight excluding hydrogens is 523 g/mol. The molecule has 0 saturated carbocycles. The third kappa shape index (κ3) is 6.66. The predicted octanol–water partition coefficient (Wildman–Crippen LogP) is 4.67. The van der Waals surface area contributed by atoms with Crippen LogP contribution in [0.2, 0.25) is 0 Å². The Labute approximate surface area is 220 Å². The van der Waals surface area contributed by atoms with Gasteiger partial charge in [0.2, 0.25) is 10.0 Å². The molecule has 1 aliphatic rings. The van der Waals surface area contributed by atoms with Crippen molar-refractivity contribution >= 4 is 27.8 Å². The van der Waals surface area contributed by atoms with Crippen LogP contribution in [0.1, 0.15) is 31.9 Å². The summed E-state index contributed by atoms with van der Waals surface area (Å²) < 4.78 is 72.9. The Hall–Kier alpha value is -3.09. The number of hydrogen-bond donors (Lipinski definition) is 2. The standard InChI is InChI=1S/C26H32F3N3O5S/c1-5-6-19-7-12-24-22(13-19)37-23(17(2)14-32(18(3)16-33)38(24,35)36)15-31(4)25(34)30-21-10-8-20(9-11-21)26(27,28)29/h5-13,17-18,23,33H,14-16H2,1-4H3,(H,30,34)/b6-5+/t17-,18-,23+/m0/s1. The third-order valence-electron chi connectivity index (χ3n) is 6.31. The largest absolute Gasteiger partial charge is 0.487 e. The van der Waals surface area contributed by atoms with Crippen LogP contribution in [0.4, 0.5) is 23.7 Å². The van der Waals surface area contributed by atoms with Gasteiger partial charge in [-0.25, -0.2) is 13.2 Å². The maximum atomic E-state index is 13.5. The van der Waals surface area contributed by atoms with Gasteiger partial charge < -0.3 is 20.1 Å². The predicted molar refractivity (Wildman–Crippen MR) is 138 cm³/mol. The van der Waals surface area contributed by atoms with Crippen LogP contribution in [0.15, 0.2) is 53.4 Å². The van der Waals surface area contributed by atoms with E-state index < -0.39 is 45.9 Å². The van der Waals surface area contributed by atoms with Gasteiger partial charge in [-0.3, -0.25) is 0 Å². The van der Waals surface area contributed by atoms with Crippen LogP contribution in [-0.2, 0) is 16.2 Å². The van der Waals surface area contributed by atoms with E-state index in [1.165, 1.54) is 34.5 Å². The highest BCUT2D eigenvalue weighted by molar-refractivity contribution is 7.89. The molecule has 208 valence electrons. The summed E-state index contributed by atoms with van der Waals surface area (Å²) in [6.07, 6.45) is -1.52. The molecule has 38 heavy (non-hydrogen) atoms. The van der Waals surface area contributed by atoms with Gasteiger partial charge in [0.05, 0.1) is 18.7 Å². The number of allylic oxidation sites excluding steroid dienone is 1. The smallest absolute Gasteiger partial charge is 0.416 e. The molecule has 0 unspecified atom stereocenters. The molecule has 2 aromatic rings. The number of alkyl halides is 3. The van der Waals surface area contributed by atoms with Gasteiger partial charge in [0.25, 0.3) is 0 Å². The maximum Gasteiger partial charge on any atom is 0.416 e. The number of urea groups is 1. The number of rotatable bonds is 6. The summed E-state index contributed by atoms with van der Waals surface area (Å²) in [7, 11) is -2.48. The van der Waals surface area contributed by atoms with E-state index in [1.807, 2.05) is 6.92 Å². The number of anilines is 1. The fourth-order valence-corrected chi connectivity index (χ4v) is 5.90. The van der Waals surface area contributed by atoms with Crippen LogP contribution in [0.3, 0.4) is 0 Å². The highest BCUT2D eigenvalue weighted by Crippen LogP contribution is 2.35. The molecule has 2 N–H and O–H groups in total. The summed E-state index contributed by atoms with van der Waals surface area (Å²) in [4.78, 5) is 14.1. The molecule has 0 aliphatic carbocycles. The van der Waals surface area contributed by atoms with E-state index in [0.717, 1.165) is 17.7 Å². The monoisotopic (exact) mass is 555 g/mol. The molecule has 0 spiro atoms. The number of amides is 2. The van der Waals surface area contributed by atoms with Gasteiger partial charge in [-0.1, -0.05) is 25.1 Å². The number of ether oxygens (including phenoxy) is 1. The number of carbonyl (C=O) groups excluding carboxylic acids is 1. The van der Waals surface area contributed by atoms with Crippen molar-refractivity contribution in [1.29, 1.82) is 0 Å². The zero-order valence-corrected chi connectivity index (χ0v) is 22.4. The Balaban J connectivity index is 1.87. The fourth-order valence-electron chi connectivity index (χ4n) is 4.07. The SMILES string of the molecule is C/C=C/c1ccc2c(c1)O[C@H](CN(C)C(=O)Nc1ccc(C(F)(F)F)cc1)[C@@H](C)CN([C@@H](C)CO)S2(=O)=O. The summed E-state index contributed by atoms with van der Waals surface area (Å²) in [5.41, 5.74) is 0.0913. The lowest BCUT2D eigenvalue weighted by atomic mass is 10.0. The Morgan fingerprint density at radius 2 is 1.92 bits per heavy atom. The fraction of sp³-hybridized carbons (Fsp3) is 0.423. The first kappa shape index (κ1) is 29.5. The quantitative estimate of drug-likeness (QED) is 0.540. The average Bonchev–Trinajstić information content (AvgIpc) is 2.85. The highest BCUT2D eigenvalue weighted by Gasteiger charge is 2.38. The summed E-state index contributed by atoms with van der Waals surface area (Å²) in [6, 6.07) is 7.57. The van der Waals surface area contributed by atoms with E-state index in [1.54, 1.807) is 38.1 Å². The number of nitrogens with zero attached hydrogens (tertiary/aromatic N) is 2. The van der Waals surface area contributed by atoms with Crippen LogP contribution >= 0.6 is 0 Å². The molecular formula is C26H32F3N3O5S. The van der Waals surface area contributed by atoms with Crippen molar-refractivity contribution < 1.29 is 36.2 Å². The molecule has 3 atom stereocenters. The molecule has 0 fully saturated rings. The van der Waals surface area contributed by atoms with Crippen molar-refractivity contribution in [2.45, 2.75) is 44.0 Å². The van der Waals surface area contributed by atoms with Crippen LogP contribution in [-0.4, -0.2) is 67.7 Å². The van der Waals surface area contributed by atoms with Gasteiger partial charge in [0.1, 0.15) is 16.7 Å². The number of benzene rings is 2. The van der Waals surface area contributed by atoms with Gasteiger partial charge in [0.15, 0.2) is 0 Å². The summed E-state index contributed by atoms with van der Waals surface area (Å²) in [5.74, 6) is -0.262. The van der Waals surface area contributed by atoms with E-state index in [9.17, 15) is 31.5 Å². The van der Waals surface area contributed by atoms with Crippen LogP contribution in [0.25, 0.3) is 6.08 Å². The van der Waals surface area contributed by atoms with Gasteiger partial charge in [-0.2, -0.15) is 17.5 Å². The minimum atomic E-state index is -4.48. The second kappa shape index (κ2) is 11.7. The van der Waals surface area contributed by atoms with E-state index in [2.05, 4.69) is 5.32 Å².